The van der Waals surface area contributed by atoms with Crippen LogP contribution in [0.25, 0.3) is 10.2 Å². The minimum atomic E-state index is -0.103. The number of piperidine rings is 1. The number of nitrogens with zero attached hydrogens (tertiary/aromatic N) is 5. The Balaban J connectivity index is 1.28. The first-order valence-electron chi connectivity index (χ1n) is 12.2. The number of benzene rings is 1. The normalized spacial score (nSPS) is 22.6. The summed E-state index contributed by atoms with van der Waals surface area (Å²) in [6.07, 6.45) is 7.41. The zero-order valence-corrected chi connectivity index (χ0v) is 21.5. The quantitative estimate of drug-likeness (QED) is 0.497. The van der Waals surface area contributed by atoms with E-state index in [1.54, 1.807) is 23.5 Å². The Kier molecular flexibility index (Phi) is 6.05. The average Bonchev–Trinajstić information content (AvgIpc) is 3.37. The van der Waals surface area contributed by atoms with Gasteiger partial charge in [0.05, 0.1) is 35.2 Å². The number of thiophene rings is 1. The highest BCUT2D eigenvalue weighted by molar-refractivity contribution is 7.16. The van der Waals surface area contributed by atoms with Gasteiger partial charge in [-0.1, -0.05) is 23.8 Å². The minimum absolute atomic E-state index is 0.0291. The van der Waals surface area contributed by atoms with Crippen molar-refractivity contribution in [2.75, 3.05) is 30.8 Å². The fourth-order valence-corrected chi connectivity index (χ4v) is 6.60. The summed E-state index contributed by atoms with van der Waals surface area (Å²) in [6.45, 7) is 1.53. The number of rotatable bonds is 4. The molecule has 1 saturated heterocycles. The van der Waals surface area contributed by atoms with Crippen LogP contribution in [0.3, 0.4) is 0 Å². The summed E-state index contributed by atoms with van der Waals surface area (Å²) < 4.78 is 5.33. The zero-order valence-electron chi connectivity index (χ0n) is 19.9. The third-order valence-corrected chi connectivity index (χ3v) is 8.52. The standard InChI is InChI=1S/C26H27ClN6O2S/c1-35-21-7-6-15(14-20(21)27)22-17-4-2-3-5-18(17)25(34)33(31-22)16-8-11-32(12-9-16)23-19-10-13-36-24(19)30-26(28)29-23/h2-3,6-7,10,13-14,16-18H,4-5,8-9,11-12H2,1H3,(H2,28,29,30)/t17-,18+/m0/s1. The highest BCUT2D eigenvalue weighted by Gasteiger charge is 2.43. The maximum atomic E-state index is 13.6. The van der Waals surface area contributed by atoms with Gasteiger partial charge in [0.2, 0.25) is 11.9 Å². The van der Waals surface area contributed by atoms with E-state index in [9.17, 15) is 4.79 Å². The van der Waals surface area contributed by atoms with Crippen LogP contribution in [0.1, 0.15) is 31.2 Å². The maximum absolute atomic E-state index is 13.6. The molecule has 8 nitrogen and oxygen atoms in total. The van der Waals surface area contributed by atoms with E-state index in [-0.39, 0.29) is 29.7 Å². The van der Waals surface area contributed by atoms with E-state index < -0.39 is 0 Å². The number of halogens is 1. The Bertz CT molecular complexity index is 1380. The largest absolute Gasteiger partial charge is 0.495 e. The molecule has 0 bridgehead atoms. The summed E-state index contributed by atoms with van der Waals surface area (Å²) in [4.78, 5) is 25.7. The van der Waals surface area contributed by atoms with Gasteiger partial charge in [-0.15, -0.1) is 11.3 Å². The second kappa shape index (κ2) is 9.37. The molecule has 1 aliphatic carbocycles. The Morgan fingerprint density at radius 3 is 2.64 bits per heavy atom. The number of amides is 1. The van der Waals surface area contributed by atoms with Crippen LogP contribution in [-0.4, -0.2) is 52.8 Å². The molecule has 1 amide bonds. The molecule has 1 fully saturated rings. The molecule has 0 radical (unpaired) electrons. The maximum Gasteiger partial charge on any atom is 0.247 e. The highest BCUT2D eigenvalue weighted by atomic mass is 35.5. The summed E-state index contributed by atoms with van der Waals surface area (Å²) in [5, 5.41) is 10.3. The van der Waals surface area contributed by atoms with Crippen molar-refractivity contribution >= 4 is 56.5 Å². The van der Waals surface area contributed by atoms with Crippen LogP contribution in [0.4, 0.5) is 11.8 Å². The van der Waals surface area contributed by atoms with Crippen LogP contribution in [0.5, 0.6) is 5.75 Å². The topological polar surface area (TPSA) is 96.9 Å². The minimum Gasteiger partial charge on any atom is -0.495 e. The number of aromatic nitrogens is 2. The first kappa shape index (κ1) is 23.2. The number of methoxy groups -OCH3 is 1. The second-order valence-corrected chi connectivity index (χ2v) is 10.7. The van der Waals surface area contributed by atoms with Crippen molar-refractivity contribution in [3.63, 3.8) is 0 Å². The molecule has 2 N–H and O–H groups in total. The molecule has 4 heterocycles. The lowest BCUT2D eigenvalue weighted by molar-refractivity contribution is -0.140. The number of hydrazone groups is 1. The SMILES string of the molecule is COc1ccc(C2=NN(C3CCN(c4nc(N)nc5sccc45)CC3)C(=O)[C@@H]3CC=CC[C@H]23)cc1Cl. The summed E-state index contributed by atoms with van der Waals surface area (Å²) in [6, 6.07) is 7.83. The molecule has 2 aliphatic heterocycles. The van der Waals surface area contributed by atoms with E-state index in [0.29, 0.717) is 10.8 Å². The monoisotopic (exact) mass is 522 g/mol. The first-order chi connectivity index (χ1) is 17.5. The number of ether oxygens (including phenoxy) is 1. The predicted octanol–water partition coefficient (Wildman–Crippen LogP) is 4.73. The number of allylic oxidation sites excluding steroid dienone is 2. The lowest BCUT2D eigenvalue weighted by atomic mass is 9.76. The summed E-state index contributed by atoms with van der Waals surface area (Å²) in [7, 11) is 1.60. The number of anilines is 2. The molecule has 3 aliphatic rings. The van der Waals surface area contributed by atoms with Crippen LogP contribution in [0.15, 0.2) is 46.9 Å². The number of carbonyl (C=O) groups excluding carboxylic acids is 1. The Morgan fingerprint density at radius 2 is 1.89 bits per heavy atom. The van der Waals surface area contributed by atoms with E-state index in [0.717, 1.165) is 66.1 Å². The molecule has 0 saturated carbocycles. The van der Waals surface area contributed by atoms with Crippen molar-refractivity contribution in [1.82, 2.24) is 15.0 Å². The predicted molar refractivity (Wildman–Crippen MR) is 144 cm³/mol. The molecule has 6 rings (SSSR count). The third-order valence-electron chi connectivity index (χ3n) is 7.42. The smallest absolute Gasteiger partial charge is 0.247 e. The van der Waals surface area contributed by atoms with E-state index in [4.69, 9.17) is 27.2 Å². The van der Waals surface area contributed by atoms with Crippen LogP contribution in [0.2, 0.25) is 5.02 Å². The Labute approximate surface area is 218 Å². The van der Waals surface area contributed by atoms with Crippen LogP contribution in [-0.2, 0) is 4.79 Å². The second-order valence-electron chi connectivity index (χ2n) is 9.44. The van der Waals surface area contributed by atoms with Crippen molar-refractivity contribution < 1.29 is 9.53 Å². The van der Waals surface area contributed by atoms with Crippen molar-refractivity contribution in [2.45, 2.75) is 31.7 Å². The number of hydrogen-bond donors (Lipinski definition) is 1. The van der Waals surface area contributed by atoms with Gasteiger partial charge in [-0.25, -0.2) is 9.99 Å². The van der Waals surface area contributed by atoms with Gasteiger partial charge in [-0.2, -0.15) is 10.1 Å². The number of hydrogen-bond acceptors (Lipinski definition) is 8. The lowest BCUT2D eigenvalue weighted by Crippen LogP contribution is -2.52. The van der Waals surface area contributed by atoms with Gasteiger partial charge in [0.15, 0.2) is 0 Å². The van der Waals surface area contributed by atoms with E-state index in [2.05, 4.69) is 27.0 Å². The van der Waals surface area contributed by atoms with Gasteiger partial charge in [-0.3, -0.25) is 4.79 Å². The highest BCUT2D eigenvalue weighted by Crippen LogP contribution is 2.38. The molecule has 0 unspecified atom stereocenters. The molecule has 3 aromatic rings. The van der Waals surface area contributed by atoms with E-state index in [1.807, 2.05) is 29.6 Å². The van der Waals surface area contributed by atoms with Gasteiger partial charge in [0.25, 0.3) is 0 Å². The van der Waals surface area contributed by atoms with Crippen molar-refractivity contribution in [3.05, 3.63) is 52.4 Å². The Hall–Kier alpha value is -3.17. The number of nitrogens with two attached hydrogens (primary N) is 1. The van der Waals surface area contributed by atoms with Crippen LogP contribution >= 0.6 is 22.9 Å². The van der Waals surface area contributed by atoms with Gasteiger partial charge < -0.3 is 15.4 Å². The molecule has 10 heteroatoms. The molecule has 1 aromatic carbocycles. The number of nitrogen functional groups attached to an aromatic ring is 1. The Morgan fingerprint density at radius 1 is 1.11 bits per heavy atom. The molecule has 2 atom stereocenters. The molecular formula is C26H27ClN6O2S. The first-order valence-corrected chi connectivity index (χ1v) is 13.5. The molecule has 2 aromatic heterocycles. The van der Waals surface area contributed by atoms with Crippen molar-refractivity contribution in [3.8, 4) is 5.75 Å². The van der Waals surface area contributed by atoms with E-state index >= 15 is 0 Å². The summed E-state index contributed by atoms with van der Waals surface area (Å²) in [5.41, 5.74) is 7.85. The van der Waals surface area contributed by atoms with Crippen LogP contribution < -0.4 is 15.4 Å². The van der Waals surface area contributed by atoms with Crippen LogP contribution in [0, 0.1) is 11.8 Å². The molecule has 36 heavy (non-hydrogen) atoms. The molecule has 186 valence electrons. The fourth-order valence-electron chi connectivity index (χ4n) is 5.58. The molecular weight excluding hydrogens is 496 g/mol. The van der Waals surface area contributed by atoms with Gasteiger partial charge in [0, 0.05) is 19.0 Å². The zero-order chi connectivity index (χ0) is 24.8. The summed E-state index contributed by atoms with van der Waals surface area (Å²) >= 11 is 8.02. The van der Waals surface area contributed by atoms with E-state index in [1.165, 1.54) is 0 Å². The van der Waals surface area contributed by atoms with Crippen molar-refractivity contribution in [1.29, 1.82) is 0 Å². The molecule has 0 spiro atoms. The third kappa shape index (κ3) is 4.00. The van der Waals surface area contributed by atoms with Gasteiger partial charge in [-0.05, 0) is 60.9 Å². The fraction of sp³-hybridized carbons (Fsp3) is 0.385. The average molecular weight is 523 g/mol. The van der Waals surface area contributed by atoms with Gasteiger partial charge >= 0.3 is 0 Å². The number of fused-ring (bicyclic) bond motifs is 2. The summed E-state index contributed by atoms with van der Waals surface area (Å²) in [5.74, 6) is 1.86. The van der Waals surface area contributed by atoms with Crippen molar-refractivity contribution in [2.24, 2.45) is 16.9 Å². The lowest BCUT2D eigenvalue weighted by Gasteiger charge is -2.42. The number of carbonyl (C=O) groups is 1. The van der Waals surface area contributed by atoms with Gasteiger partial charge in [0.1, 0.15) is 16.4 Å².